The molecule has 1 aromatic carbocycles. The minimum atomic E-state index is -0.581. The second kappa shape index (κ2) is 7.60. The molecular formula is C24H31ClN2O3. The van der Waals surface area contributed by atoms with Gasteiger partial charge in [-0.3, -0.25) is 4.79 Å². The average molecular weight is 431 g/mol. The Morgan fingerprint density at radius 2 is 1.97 bits per heavy atom. The van der Waals surface area contributed by atoms with Gasteiger partial charge in [0.25, 0.3) is 0 Å². The van der Waals surface area contributed by atoms with Gasteiger partial charge in [0.05, 0.1) is 11.6 Å². The van der Waals surface area contributed by atoms with E-state index < -0.39 is 5.60 Å². The van der Waals surface area contributed by atoms with Crippen LogP contribution < -0.4 is 0 Å². The first-order valence-corrected chi connectivity index (χ1v) is 11.5. The summed E-state index contributed by atoms with van der Waals surface area (Å²) in [7, 11) is 0. The Morgan fingerprint density at radius 1 is 1.23 bits per heavy atom. The predicted octanol–water partition coefficient (Wildman–Crippen LogP) is 5.67. The fourth-order valence-corrected chi connectivity index (χ4v) is 5.72. The molecule has 0 spiro atoms. The lowest BCUT2D eigenvalue weighted by Crippen LogP contribution is -2.51. The number of aromatic nitrogens is 1. The minimum absolute atomic E-state index is 0.0175. The van der Waals surface area contributed by atoms with Crippen LogP contribution in [0.2, 0.25) is 0 Å². The molecule has 2 atom stereocenters. The van der Waals surface area contributed by atoms with E-state index in [1.807, 2.05) is 43.9 Å². The fraction of sp³-hybridized carbons (Fsp3) is 0.583. The first-order valence-electron chi connectivity index (χ1n) is 10.9. The van der Waals surface area contributed by atoms with Gasteiger partial charge in [0.1, 0.15) is 11.5 Å². The fourth-order valence-electron chi connectivity index (χ4n) is 5.57. The number of rotatable bonds is 2. The van der Waals surface area contributed by atoms with Gasteiger partial charge in [-0.15, -0.1) is 11.6 Å². The van der Waals surface area contributed by atoms with Gasteiger partial charge >= 0.3 is 6.09 Å². The maximum atomic E-state index is 13.2. The van der Waals surface area contributed by atoms with Crippen LogP contribution in [0.4, 0.5) is 4.79 Å². The molecule has 1 aliphatic heterocycles. The average Bonchev–Trinajstić information content (AvgIpc) is 3.05. The number of para-hydroxylation sites is 1. The molecule has 30 heavy (non-hydrogen) atoms. The number of likely N-dealkylation sites (tertiary alicyclic amines) is 1. The number of fused-ring (bicyclic) bond motifs is 5. The van der Waals surface area contributed by atoms with Crippen molar-refractivity contribution in [1.29, 1.82) is 0 Å². The van der Waals surface area contributed by atoms with Crippen LogP contribution >= 0.6 is 11.6 Å². The van der Waals surface area contributed by atoms with Crippen molar-refractivity contribution in [2.24, 2.45) is 5.41 Å². The molecule has 2 aromatic rings. The molecule has 2 heterocycles. The summed E-state index contributed by atoms with van der Waals surface area (Å²) in [5.41, 5.74) is 2.39. The van der Waals surface area contributed by atoms with Crippen molar-refractivity contribution < 1.29 is 14.3 Å². The number of halogens is 1. The molecule has 1 aromatic heterocycles. The van der Waals surface area contributed by atoms with Crippen molar-refractivity contribution in [2.75, 3.05) is 12.4 Å². The number of hydrogen-bond acceptors (Lipinski definition) is 3. The molecule has 0 unspecified atom stereocenters. The van der Waals surface area contributed by atoms with Crippen LogP contribution in [0.3, 0.4) is 0 Å². The van der Waals surface area contributed by atoms with Gasteiger partial charge in [-0.05, 0) is 64.4 Å². The van der Waals surface area contributed by atoms with E-state index in [0.29, 0.717) is 6.54 Å². The summed E-state index contributed by atoms with van der Waals surface area (Å²) in [4.78, 5) is 28.1. The number of amides is 1. The van der Waals surface area contributed by atoms with Crippen LogP contribution in [0.25, 0.3) is 10.9 Å². The molecule has 0 N–H and O–H groups in total. The van der Waals surface area contributed by atoms with Crippen LogP contribution in [-0.2, 0) is 16.0 Å². The zero-order chi connectivity index (χ0) is 21.7. The minimum Gasteiger partial charge on any atom is -0.443 e. The maximum absolute atomic E-state index is 13.2. The molecule has 1 amide bonds. The van der Waals surface area contributed by atoms with Crippen molar-refractivity contribution in [2.45, 2.75) is 71.4 Å². The Kier molecular flexibility index (Phi) is 5.38. The monoisotopic (exact) mass is 430 g/mol. The number of nitrogens with zero attached hydrogens (tertiary/aromatic N) is 2. The quantitative estimate of drug-likeness (QED) is 0.577. The van der Waals surface area contributed by atoms with Crippen LogP contribution in [0.1, 0.15) is 70.7 Å². The van der Waals surface area contributed by atoms with E-state index in [4.69, 9.17) is 16.3 Å². The molecule has 0 radical (unpaired) electrons. The lowest BCUT2D eigenvalue weighted by molar-refractivity contribution is -0.138. The lowest BCUT2D eigenvalue weighted by atomic mass is 9.62. The zero-order valence-electron chi connectivity index (χ0n) is 18.3. The van der Waals surface area contributed by atoms with Gasteiger partial charge in [0, 0.05) is 23.2 Å². The first-order chi connectivity index (χ1) is 14.2. The predicted molar refractivity (Wildman–Crippen MR) is 119 cm³/mol. The van der Waals surface area contributed by atoms with Crippen molar-refractivity contribution >= 4 is 34.5 Å². The maximum Gasteiger partial charge on any atom is 0.419 e. The van der Waals surface area contributed by atoms with E-state index >= 15 is 0 Å². The van der Waals surface area contributed by atoms with Crippen molar-refractivity contribution in [1.82, 2.24) is 9.47 Å². The standard InChI is InChI=1S/C24H31ClN2O3/c1-5-24-12-8-14-26(19(28)15-25)21(24)20-16-9-6-7-10-17(16)27(18(20)11-13-24)22(29)30-23(2,3)4/h6-7,9-10,21H,5,8,11-15H2,1-4H3/t21-,24+/m1/s1. The summed E-state index contributed by atoms with van der Waals surface area (Å²) < 4.78 is 7.51. The van der Waals surface area contributed by atoms with E-state index in [0.717, 1.165) is 54.3 Å². The number of alkyl halides is 1. The van der Waals surface area contributed by atoms with E-state index in [1.165, 1.54) is 0 Å². The van der Waals surface area contributed by atoms with Gasteiger partial charge in [-0.1, -0.05) is 25.1 Å². The summed E-state index contributed by atoms with van der Waals surface area (Å²) in [5, 5.41) is 1.04. The molecule has 0 bridgehead atoms. The van der Waals surface area contributed by atoms with Gasteiger partial charge in [-0.2, -0.15) is 0 Å². The molecular weight excluding hydrogens is 400 g/mol. The highest BCUT2D eigenvalue weighted by molar-refractivity contribution is 6.27. The Balaban J connectivity index is 1.96. The zero-order valence-corrected chi connectivity index (χ0v) is 19.1. The Labute approximate surface area is 183 Å². The highest BCUT2D eigenvalue weighted by atomic mass is 35.5. The van der Waals surface area contributed by atoms with Crippen LogP contribution in [0.15, 0.2) is 24.3 Å². The molecule has 1 saturated heterocycles. The summed E-state index contributed by atoms with van der Waals surface area (Å²) in [6, 6.07) is 7.94. The van der Waals surface area contributed by atoms with Gasteiger partial charge in [-0.25, -0.2) is 9.36 Å². The normalized spacial score (nSPS) is 23.8. The SMILES string of the molecule is CC[C@@]12CCCN(C(=O)CCl)[C@@H]1c1c(n(C(=O)OC(C)(C)C)c3ccccc13)CC2. The second-order valence-corrected chi connectivity index (χ2v) is 9.90. The molecule has 6 heteroatoms. The van der Waals surface area contributed by atoms with Crippen molar-refractivity contribution in [3.05, 3.63) is 35.5 Å². The van der Waals surface area contributed by atoms with E-state index in [2.05, 4.69) is 13.0 Å². The summed E-state index contributed by atoms with van der Waals surface area (Å²) in [5.74, 6) is -0.0442. The second-order valence-electron chi connectivity index (χ2n) is 9.64. The largest absolute Gasteiger partial charge is 0.443 e. The number of ether oxygens (including phenoxy) is 1. The Morgan fingerprint density at radius 3 is 2.63 bits per heavy atom. The first kappa shape index (κ1) is 21.2. The molecule has 1 fully saturated rings. The molecule has 1 aliphatic carbocycles. The van der Waals surface area contributed by atoms with Crippen LogP contribution in [0, 0.1) is 5.41 Å². The molecule has 0 saturated carbocycles. The molecule has 2 aliphatic rings. The van der Waals surface area contributed by atoms with Gasteiger partial charge < -0.3 is 9.64 Å². The van der Waals surface area contributed by atoms with E-state index in [1.54, 1.807) is 4.57 Å². The molecule has 162 valence electrons. The summed E-state index contributed by atoms with van der Waals surface area (Å²) >= 11 is 6.01. The lowest BCUT2D eigenvalue weighted by Gasteiger charge is -2.52. The van der Waals surface area contributed by atoms with Gasteiger partial charge in [0.2, 0.25) is 5.91 Å². The number of hydrogen-bond donors (Lipinski definition) is 0. The number of benzene rings is 1. The van der Waals surface area contributed by atoms with Crippen molar-refractivity contribution in [3.8, 4) is 0 Å². The van der Waals surface area contributed by atoms with E-state index in [-0.39, 0.29) is 29.3 Å². The summed E-state index contributed by atoms with van der Waals surface area (Å²) in [6.07, 6.45) is 4.48. The molecule has 4 rings (SSSR count). The molecule has 5 nitrogen and oxygen atoms in total. The highest BCUT2D eigenvalue weighted by Gasteiger charge is 2.50. The third-order valence-electron chi connectivity index (χ3n) is 6.83. The number of carbonyl (C=O) groups is 2. The third-order valence-corrected chi connectivity index (χ3v) is 7.06. The van der Waals surface area contributed by atoms with Gasteiger partial charge in [0.15, 0.2) is 0 Å². The van der Waals surface area contributed by atoms with Crippen molar-refractivity contribution in [3.63, 3.8) is 0 Å². The highest BCUT2D eigenvalue weighted by Crippen LogP contribution is 2.56. The topological polar surface area (TPSA) is 51.5 Å². The van der Waals surface area contributed by atoms with E-state index in [9.17, 15) is 9.59 Å². The number of piperidine rings is 1. The van der Waals surface area contributed by atoms with Crippen LogP contribution in [-0.4, -0.2) is 39.5 Å². The Hall–Kier alpha value is -2.01. The smallest absolute Gasteiger partial charge is 0.419 e. The van der Waals surface area contributed by atoms with Crippen LogP contribution in [0.5, 0.6) is 0 Å². The summed E-state index contributed by atoms with van der Waals surface area (Å²) in [6.45, 7) is 8.58. The third kappa shape index (κ3) is 3.31. The Bertz CT molecular complexity index is 990. The number of carbonyl (C=O) groups excluding carboxylic acids is 2.